The number of hydrogen-bond donors (Lipinski definition) is 1. The van der Waals surface area contributed by atoms with E-state index >= 15 is 0 Å². The summed E-state index contributed by atoms with van der Waals surface area (Å²) >= 11 is 0. The van der Waals surface area contributed by atoms with Gasteiger partial charge >= 0.3 is 10.0 Å². The Labute approximate surface area is 148 Å². The average molecular weight is 407 g/mol. The second-order valence-electron chi connectivity index (χ2n) is 4.47. The fraction of sp³-hybridized carbons (Fsp3) is 0.462. The molecule has 2 rings (SSSR count). The summed E-state index contributed by atoms with van der Waals surface area (Å²) in [4.78, 5) is 0.264. The quantitative estimate of drug-likeness (QED) is 0.602. The van der Waals surface area contributed by atoms with Crippen molar-refractivity contribution in [3.63, 3.8) is 0 Å². The van der Waals surface area contributed by atoms with Crippen molar-refractivity contribution in [2.75, 3.05) is 13.7 Å². The fourth-order valence-electron chi connectivity index (χ4n) is 2.37. The molecule has 1 aromatic rings. The van der Waals surface area contributed by atoms with Gasteiger partial charge in [-0.15, -0.1) is 16.1 Å². The summed E-state index contributed by atoms with van der Waals surface area (Å²) in [5.74, 6) is -0.0277. The minimum Gasteiger partial charge on any atom is -0.396 e. The van der Waals surface area contributed by atoms with Crippen LogP contribution in [0, 0.1) is 53.7 Å². The summed E-state index contributed by atoms with van der Waals surface area (Å²) in [6.45, 7) is 0.0117. The molecule has 0 radical (unpaired) electrons. The van der Waals surface area contributed by atoms with Crippen LogP contribution in [0.2, 0.25) is 0 Å². The second-order valence-corrected chi connectivity index (χ2v) is 6.44. The third-order valence-corrected chi connectivity index (χ3v) is 5.25. The Morgan fingerprint density at radius 2 is 2.05 bits per heavy atom. The van der Waals surface area contributed by atoms with Crippen LogP contribution in [0.3, 0.4) is 0 Å². The molecule has 0 spiro atoms. The Kier molecular flexibility index (Phi) is 6.58. The average Bonchev–Trinajstić information content (AvgIpc) is 2.87. The Bertz CT molecular complexity index is 555. The van der Waals surface area contributed by atoms with Crippen LogP contribution in [0.1, 0.15) is 19.3 Å². The third kappa shape index (κ3) is 3.63. The predicted molar refractivity (Wildman–Crippen MR) is 68.1 cm³/mol. The number of aliphatic hydroxyl groups excluding tert-OH is 1. The molecule has 1 aliphatic rings. The number of hydrogen-bond acceptors (Lipinski definition) is 3. The standard InChI is InChI=1S/C13H17NO3S.Ce/c1-14(13-9-5-6-11(13)10-15)18(16,17)12-7-3-2-4-8-12;/h3-4,7-8,11,15H,5-6,9-10H2,1H3;/b14-13-;/t11-;/m0./s1. The fourth-order valence-corrected chi connectivity index (χ4v) is 3.71. The van der Waals surface area contributed by atoms with Gasteiger partial charge in [-0.1, -0.05) is 0 Å². The summed E-state index contributed by atoms with van der Waals surface area (Å²) in [7, 11) is -1.94. The summed E-state index contributed by atoms with van der Waals surface area (Å²) in [6.07, 6.45) is 2.52. The van der Waals surface area contributed by atoms with Crippen molar-refractivity contribution in [3.8, 4) is 0 Å². The van der Waals surface area contributed by atoms with Gasteiger partial charge in [0, 0.05) is 53.1 Å². The molecule has 0 aromatic heterocycles. The van der Waals surface area contributed by atoms with Crippen LogP contribution in [-0.2, 0) is 10.0 Å². The van der Waals surface area contributed by atoms with Gasteiger partial charge in [-0.3, -0.25) is 0 Å². The molecule has 0 amide bonds. The molecule has 0 heterocycles. The van der Waals surface area contributed by atoms with Crippen molar-refractivity contribution < 1.29 is 59.3 Å². The maximum atomic E-state index is 12.4. The SMILES string of the molecule is C/[N+](=C1\CCC[C@H]1CO)S(=O)(=O)c1cc[c-]cc1.[Ce]. The molecular formula is C13H17CeNO3S. The zero-order valence-corrected chi connectivity index (χ0v) is 14.8. The first-order chi connectivity index (χ1) is 8.57. The van der Waals surface area contributed by atoms with Gasteiger partial charge in [-0.05, 0) is 12.8 Å². The number of rotatable bonds is 3. The smallest absolute Gasteiger partial charge is 0.371 e. The zero-order valence-electron chi connectivity index (χ0n) is 10.8. The van der Waals surface area contributed by atoms with Crippen molar-refractivity contribution in [3.05, 3.63) is 30.3 Å². The Balaban J connectivity index is 0.00000180. The molecule has 0 unspecified atom stereocenters. The van der Waals surface area contributed by atoms with Gasteiger partial charge in [0.1, 0.15) is 0 Å². The molecule has 1 aliphatic carbocycles. The van der Waals surface area contributed by atoms with E-state index in [1.54, 1.807) is 19.2 Å². The molecule has 1 fully saturated rings. The number of aliphatic hydroxyl groups is 1. The largest absolute Gasteiger partial charge is 0.396 e. The molecular weight excluding hydrogens is 390 g/mol. The van der Waals surface area contributed by atoms with Crippen molar-refractivity contribution in [1.82, 2.24) is 0 Å². The van der Waals surface area contributed by atoms with E-state index in [4.69, 9.17) is 0 Å². The number of sulfonamides is 1. The van der Waals surface area contributed by atoms with E-state index in [0.717, 1.165) is 25.0 Å². The van der Waals surface area contributed by atoms with Crippen molar-refractivity contribution >= 4 is 15.7 Å². The summed E-state index contributed by atoms with van der Waals surface area (Å²) < 4.78 is 26.1. The molecule has 4 nitrogen and oxygen atoms in total. The first-order valence-electron chi connectivity index (χ1n) is 5.99. The van der Waals surface area contributed by atoms with Crippen LogP contribution < -0.4 is 0 Å². The van der Waals surface area contributed by atoms with Crippen LogP contribution in [-0.4, -0.2) is 36.9 Å². The van der Waals surface area contributed by atoms with E-state index in [1.165, 1.54) is 16.1 Å². The van der Waals surface area contributed by atoms with Gasteiger partial charge in [0.05, 0.1) is 12.5 Å². The maximum Gasteiger partial charge on any atom is 0.371 e. The molecule has 1 aromatic carbocycles. The monoisotopic (exact) mass is 407 g/mol. The van der Waals surface area contributed by atoms with Crippen LogP contribution >= 0.6 is 0 Å². The Morgan fingerprint density at radius 3 is 2.63 bits per heavy atom. The molecule has 102 valence electrons. The predicted octanol–water partition coefficient (Wildman–Crippen LogP) is 1.05. The van der Waals surface area contributed by atoms with Crippen molar-refractivity contribution in [1.29, 1.82) is 0 Å². The number of benzene rings is 1. The van der Waals surface area contributed by atoms with Gasteiger partial charge < -0.3 is 5.11 Å². The summed E-state index contributed by atoms with van der Waals surface area (Å²) in [6, 6.07) is 9.05. The molecule has 1 N–H and O–H groups in total. The van der Waals surface area contributed by atoms with E-state index in [1.807, 2.05) is 0 Å². The molecule has 0 aliphatic heterocycles. The first-order valence-corrected chi connectivity index (χ1v) is 7.43. The first kappa shape index (κ1) is 17.2. The molecule has 0 bridgehead atoms. The van der Waals surface area contributed by atoms with Crippen LogP contribution in [0.4, 0.5) is 0 Å². The van der Waals surface area contributed by atoms with Gasteiger partial charge in [-0.25, -0.2) is 0 Å². The van der Waals surface area contributed by atoms with E-state index in [-0.39, 0.29) is 59.2 Å². The summed E-state index contributed by atoms with van der Waals surface area (Å²) in [5, 5.41) is 9.27. The Morgan fingerprint density at radius 1 is 1.42 bits per heavy atom. The van der Waals surface area contributed by atoms with Gasteiger partial charge in [-0.2, -0.15) is 26.6 Å². The molecule has 0 saturated heterocycles. The van der Waals surface area contributed by atoms with Crippen LogP contribution in [0.5, 0.6) is 0 Å². The Hall–Kier alpha value is 0.177. The second kappa shape index (κ2) is 7.26. The minimum atomic E-state index is -3.50. The van der Waals surface area contributed by atoms with E-state index in [9.17, 15) is 13.5 Å². The maximum absolute atomic E-state index is 12.4. The van der Waals surface area contributed by atoms with Gasteiger partial charge in [0.2, 0.25) is 0 Å². The topological polar surface area (TPSA) is 57.4 Å². The normalized spacial score (nSPS) is 21.9. The van der Waals surface area contributed by atoms with E-state index < -0.39 is 10.0 Å². The zero-order chi connectivity index (χ0) is 13.2. The molecule has 1 atom stereocenters. The molecule has 1 saturated carbocycles. The van der Waals surface area contributed by atoms with E-state index in [0.29, 0.717) is 0 Å². The molecule has 19 heavy (non-hydrogen) atoms. The number of nitrogens with zero attached hydrogens (tertiary/aromatic N) is 1. The van der Waals surface area contributed by atoms with Crippen molar-refractivity contribution in [2.24, 2.45) is 5.92 Å². The van der Waals surface area contributed by atoms with Crippen molar-refractivity contribution in [2.45, 2.75) is 24.2 Å². The molecule has 6 heteroatoms. The minimum absolute atomic E-state index is 0. The van der Waals surface area contributed by atoms with Gasteiger partial charge in [0.25, 0.3) is 0 Å². The van der Waals surface area contributed by atoms with Crippen LogP contribution in [0.25, 0.3) is 0 Å². The van der Waals surface area contributed by atoms with Crippen LogP contribution in [0.15, 0.2) is 29.2 Å². The third-order valence-electron chi connectivity index (χ3n) is 3.43. The van der Waals surface area contributed by atoms with Gasteiger partial charge in [0.15, 0.2) is 12.8 Å². The van der Waals surface area contributed by atoms with E-state index in [2.05, 4.69) is 6.07 Å². The summed E-state index contributed by atoms with van der Waals surface area (Å²) in [5.41, 5.74) is 0.810.